The van der Waals surface area contributed by atoms with Gasteiger partial charge in [0.05, 0.1) is 6.61 Å². The summed E-state index contributed by atoms with van der Waals surface area (Å²) in [6.07, 6.45) is 16.0. The van der Waals surface area contributed by atoms with Gasteiger partial charge in [-0.25, -0.2) is 0 Å². The van der Waals surface area contributed by atoms with E-state index >= 15 is 0 Å². The first-order chi connectivity index (χ1) is 13.1. The van der Waals surface area contributed by atoms with Gasteiger partial charge in [-0.3, -0.25) is 0 Å². The number of benzene rings is 1. The molecule has 0 saturated heterocycles. The summed E-state index contributed by atoms with van der Waals surface area (Å²) in [7, 11) is 0. The van der Waals surface area contributed by atoms with Crippen LogP contribution in [0.1, 0.15) is 94.2 Å². The fourth-order valence-electron chi connectivity index (χ4n) is 5.86. The topological polar surface area (TPSA) is 9.23 Å². The zero-order valence-corrected chi connectivity index (χ0v) is 18.4. The van der Waals surface area contributed by atoms with Gasteiger partial charge in [-0.15, -0.1) is 0 Å². The summed E-state index contributed by atoms with van der Waals surface area (Å²) < 4.78 is 6.29. The molecule has 0 amide bonds. The highest BCUT2D eigenvalue weighted by atomic mass is 16.5. The molecule has 1 nitrogen and oxygen atoms in total. The van der Waals surface area contributed by atoms with Gasteiger partial charge in [-0.2, -0.15) is 0 Å². The molecule has 1 aromatic rings. The van der Waals surface area contributed by atoms with Crippen molar-refractivity contribution in [1.82, 2.24) is 0 Å². The summed E-state index contributed by atoms with van der Waals surface area (Å²) in [6, 6.07) is 4.49. The molecule has 0 aliphatic heterocycles. The molecule has 0 N–H and O–H groups in total. The third kappa shape index (κ3) is 5.75. The van der Waals surface area contributed by atoms with E-state index < -0.39 is 0 Å². The van der Waals surface area contributed by atoms with E-state index in [0.717, 1.165) is 36.0 Å². The van der Waals surface area contributed by atoms with Crippen LogP contribution in [-0.2, 0) is 0 Å². The van der Waals surface area contributed by atoms with E-state index in [4.69, 9.17) is 4.74 Å². The van der Waals surface area contributed by atoms with E-state index in [2.05, 4.69) is 39.8 Å². The molecule has 27 heavy (non-hydrogen) atoms. The van der Waals surface area contributed by atoms with E-state index in [-0.39, 0.29) is 0 Å². The van der Waals surface area contributed by atoms with Crippen LogP contribution in [0.25, 0.3) is 0 Å². The predicted octanol–water partition coefficient (Wildman–Crippen LogP) is 7.79. The van der Waals surface area contributed by atoms with E-state index in [0.29, 0.717) is 0 Å². The van der Waals surface area contributed by atoms with Crippen LogP contribution >= 0.6 is 0 Å². The van der Waals surface area contributed by atoms with Crippen LogP contribution in [-0.4, -0.2) is 6.61 Å². The largest absolute Gasteiger partial charge is 0.493 e. The van der Waals surface area contributed by atoms with Crippen LogP contribution in [0.4, 0.5) is 0 Å². The van der Waals surface area contributed by atoms with Crippen molar-refractivity contribution in [2.24, 2.45) is 23.7 Å². The maximum absolute atomic E-state index is 6.29. The lowest BCUT2D eigenvalue weighted by Gasteiger charge is -2.38. The average molecular weight is 371 g/mol. The van der Waals surface area contributed by atoms with Gasteiger partial charge >= 0.3 is 0 Å². The normalized spacial score (nSPS) is 28.9. The first kappa shape index (κ1) is 20.7. The Bertz CT molecular complexity index is 551. The van der Waals surface area contributed by atoms with Crippen molar-refractivity contribution < 1.29 is 4.74 Å². The highest BCUT2D eigenvalue weighted by molar-refractivity contribution is 5.42. The molecule has 2 aliphatic rings. The molecule has 1 heteroatoms. The molecule has 0 bridgehead atoms. The van der Waals surface area contributed by atoms with Crippen molar-refractivity contribution in [1.29, 1.82) is 0 Å². The second-order valence-electron chi connectivity index (χ2n) is 9.74. The van der Waals surface area contributed by atoms with Crippen molar-refractivity contribution in [3.05, 3.63) is 28.8 Å². The highest BCUT2D eigenvalue weighted by Crippen LogP contribution is 2.42. The molecular formula is C26H42O. The Morgan fingerprint density at radius 1 is 0.778 bits per heavy atom. The first-order valence-corrected chi connectivity index (χ1v) is 11.8. The van der Waals surface area contributed by atoms with Crippen molar-refractivity contribution in [3.8, 4) is 5.75 Å². The first-order valence-electron chi connectivity index (χ1n) is 11.8. The molecule has 0 heterocycles. The predicted molar refractivity (Wildman–Crippen MR) is 117 cm³/mol. The van der Waals surface area contributed by atoms with Gasteiger partial charge < -0.3 is 4.74 Å². The Morgan fingerprint density at radius 2 is 1.30 bits per heavy atom. The van der Waals surface area contributed by atoms with Crippen LogP contribution in [0.15, 0.2) is 12.1 Å². The molecule has 0 aromatic heterocycles. The Labute approximate surface area is 168 Å². The molecule has 0 radical (unpaired) electrons. The lowest BCUT2D eigenvalue weighted by atomic mass is 9.69. The fourth-order valence-corrected chi connectivity index (χ4v) is 5.86. The van der Waals surface area contributed by atoms with Gasteiger partial charge in [0, 0.05) is 0 Å². The van der Waals surface area contributed by atoms with Crippen LogP contribution in [0.2, 0.25) is 0 Å². The average Bonchev–Trinajstić information content (AvgIpc) is 2.66. The molecule has 2 aliphatic carbocycles. The van der Waals surface area contributed by atoms with Crippen LogP contribution < -0.4 is 4.74 Å². The standard InChI is InChI=1S/C26H42O/c1-5-6-7-22-8-12-24(13-9-22)25-14-10-23(11-15-25)18-27-26-20(3)16-19(2)17-21(26)4/h16-17,22-25H,5-15,18H2,1-4H3. The van der Waals surface area contributed by atoms with Crippen LogP contribution in [0, 0.1) is 44.4 Å². The molecule has 0 atom stereocenters. The summed E-state index contributed by atoms with van der Waals surface area (Å²) in [4.78, 5) is 0. The second-order valence-corrected chi connectivity index (χ2v) is 9.74. The van der Waals surface area contributed by atoms with Crippen molar-refractivity contribution in [3.63, 3.8) is 0 Å². The second kappa shape index (κ2) is 9.99. The number of rotatable bonds is 7. The SMILES string of the molecule is CCCCC1CCC(C2CCC(COc3c(C)cc(C)cc3C)CC2)CC1. The Morgan fingerprint density at radius 3 is 1.81 bits per heavy atom. The third-order valence-corrected chi connectivity index (χ3v) is 7.48. The Hall–Kier alpha value is -0.980. The van der Waals surface area contributed by atoms with Crippen LogP contribution in [0.5, 0.6) is 5.75 Å². The van der Waals surface area contributed by atoms with Gasteiger partial charge in [-0.1, -0.05) is 56.7 Å². The lowest BCUT2D eigenvalue weighted by Crippen LogP contribution is -2.27. The molecule has 0 unspecified atom stereocenters. The molecule has 0 spiro atoms. The number of hydrogen-bond acceptors (Lipinski definition) is 1. The summed E-state index contributed by atoms with van der Waals surface area (Å²) >= 11 is 0. The van der Waals surface area contributed by atoms with E-state index in [1.54, 1.807) is 0 Å². The van der Waals surface area contributed by atoms with Gasteiger partial charge in [0.1, 0.15) is 5.75 Å². The summed E-state index contributed by atoms with van der Waals surface area (Å²) in [5.74, 6) is 4.99. The van der Waals surface area contributed by atoms with Crippen molar-refractivity contribution in [2.75, 3.05) is 6.61 Å². The smallest absolute Gasteiger partial charge is 0.125 e. The zero-order chi connectivity index (χ0) is 19.2. The highest BCUT2D eigenvalue weighted by Gasteiger charge is 2.31. The fraction of sp³-hybridized carbons (Fsp3) is 0.769. The Balaban J connectivity index is 1.40. The summed E-state index contributed by atoms with van der Waals surface area (Å²) in [5.41, 5.74) is 3.92. The van der Waals surface area contributed by atoms with Crippen molar-refractivity contribution in [2.45, 2.75) is 98.3 Å². The number of aryl methyl sites for hydroxylation is 3. The van der Waals surface area contributed by atoms with Crippen molar-refractivity contribution >= 4 is 0 Å². The van der Waals surface area contributed by atoms with Gasteiger partial charge in [0.2, 0.25) is 0 Å². The van der Waals surface area contributed by atoms with Gasteiger partial charge in [-0.05, 0) is 94.1 Å². The van der Waals surface area contributed by atoms with Crippen LogP contribution in [0.3, 0.4) is 0 Å². The lowest BCUT2D eigenvalue weighted by molar-refractivity contribution is 0.121. The summed E-state index contributed by atoms with van der Waals surface area (Å²) in [5, 5.41) is 0. The molecule has 1 aromatic carbocycles. The minimum absolute atomic E-state index is 0.766. The molecule has 2 saturated carbocycles. The van der Waals surface area contributed by atoms with E-state index in [1.807, 2.05) is 0 Å². The monoisotopic (exact) mass is 370 g/mol. The minimum atomic E-state index is 0.766. The maximum Gasteiger partial charge on any atom is 0.125 e. The molecular weight excluding hydrogens is 328 g/mol. The number of ether oxygens (including phenoxy) is 1. The number of unbranched alkanes of at least 4 members (excludes halogenated alkanes) is 1. The zero-order valence-electron chi connectivity index (χ0n) is 18.4. The molecule has 3 rings (SSSR count). The maximum atomic E-state index is 6.29. The summed E-state index contributed by atoms with van der Waals surface area (Å²) in [6.45, 7) is 9.78. The molecule has 152 valence electrons. The van der Waals surface area contributed by atoms with Gasteiger partial charge in [0.15, 0.2) is 0 Å². The molecule has 2 fully saturated rings. The Kier molecular flexibility index (Phi) is 7.67. The quantitative estimate of drug-likeness (QED) is 0.476. The number of hydrogen-bond donors (Lipinski definition) is 0. The van der Waals surface area contributed by atoms with E-state index in [1.165, 1.54) is 87.3 Å². The van der Waals surface area contributed by atoms with Gasteiger partial charge in [0.25, 0.3) is 0 Å². The third-order valence-electron chi connectivity index (χ3n) is 7.48. The minimum Gasteiger partial charge on any atom is -0.493 e. The van der Waals surface area contributed by atoms with E-state index in [9.17, 15) is 0 Å².